The molecule has 0 amide bonds. The molecule has 2 bridgehead atoms. The van der Waals surface area contributed by atoms with E-state index in [2.05, 4.69) is 0 Å². The molecule has 92 valence electrons. The molecule has 5 nitrogen and oxygen atoms in total. The first kappa shape index (κ1) is 11.0. The Labute approximate surface area is 94.5 Å². The van der Waals surface area contributed by atoms with Gasteiger partial charge in [-0.15, -0.1) is 0 Å². The Morgan fingerprint density at radius 2 is 2.06 bits per heavy atom. The predicted octanol–water partition coefficient (Wildman–Crippen LogP) is -0.515. The van der Waals surface area contributed by atoms with E-state index >= 15 is 0 Å². The third-order valence-corrected chi connectivity index (χ3v) is 6.91. The van der Waals surface area contributed by atoms with Crippen molar-refractivity contribution in [1.29, 1.82) is 0 Å². The summed E-state index contributed by atoms with van der Waals surface area (Å²) < 4.78 is 28.8. The number of aliphatic hydroxyl groups is 2. The summed E-state index contributed by atoms with van der Waals surface area (Å²) >= 11 is 0. The van der Waals surface area contributed by atoms with E-state index in [4.69, 9.17) is 4.18 Å². The highest BCUT2D eigenvalue weighted by Crippen LogP contribution is 2.70. The molecule has 1 heterocycles. The molecule has 0 aromatic rings. The zero-order chi connectivity index (χ0) is 11.8. The highest BCUT2D eigenvalue weighted by molar-refractivity contribution is 7.87. The van der Waals surface area contributed by atoms with Crippen molar-refractivity contribution in [3.63, 3.8) is 0 Å². The van der Waals surface area contributed by atoms with E-state index in [1.165, 1.54) is 0 Å². The molecule has 6 heteroatoms. The number of hydrogen-bond acceptors (Lipinski definition) is 5. The number of aliphatic hydroxyl groups excluding tert-OH is 2. The van der Waals surface area contributed by atoms with E-state index in [9.17, 15) is 18.6 Å². The molecule has 3 aliphatic rings. The van der Waals surface area contributed by atoms with E-state index < -0.39 is 26.9 Å². The van der Waals surface area contributed by atoms with Gasteiger partial charge in [-0.25, -0.2) is 0 Å². The topological polar surface area (TPSA) is 83.8 Å². The number of rotatable bonds is 2. The summed E-state index contributed by atoms with van der Waals surface area (Å²) in [6.07, 6.45) is 0.528. The third kappa shape index (κ3) is 0.917. The molecule has 2 N–H and O–H groups in total. The molecule has 3 rings (SSSR count). The van der Waals surface area contributed by atoms with Gasteiger partial charge >= 0.3 is 0 Å². The van der Waals surface area contributed by atoms with Gasteiger partial charge in [-0.3, -0.25) is 4.18 Å². The van der Waals surface area contributed by atoms with Gasteiger partial charge in [0.2, 0.25) is 0 Å². The van der Waals surface area contributed by atoms with E-state index in [1.807, 2.05) is 6.92 Å². The first-order chi connectivity index (χ1) is 7.42. The Morgan fingerprint density at radius 1 is 1.38 bits per heavy atom. The van der Waals surface area contributed by atoms with Gasteiger partial charge in [0.25, 0.3) is 10.1 Å². The molecule has 3 fully saturated rings. The molecule has 1 saturated heterocycles. The summed E-state index contributed by atoms with van der Waals surface area (Å²) in [5.74, 6) is -0.0156. The normalized spacial score (nSPS) is 57.1. The fourth-order valence-corrected chi connectivity index (χ4v) is 6.34. The van der Waals surface area contributed by atoms with Crippen LogP contribution in [0.3, 0.4) is 0 Å². The molecule has 0 aromatic carbocycles. The third-order valence-electron chi connectivity index (χ3n) is 5.10. The monoisotopic (exact) mass is 248 g/mol. The smallest absolute Gasteiger partial charge is 0.271 e. The average molecular weight is 248 g/mol. The van der Waals surface area contributed by atoms with Crippen LogP contribution in [0.15, 0.2) is 0 Å². The number of fused-ring (bicyclic) bond motifs is 1. The predicted molar refractivity (Wildman–Crippen MR) is 55.0 cm³/mol. The molecule has 1 aliphatic heterocycles. The lowest BCUT2D eigenvalue weighted by molar-refractivity contribution is 0.0111. The lowest BCUT2D eigenvalue weighted by Gasteiger charge is -2.34. The van der Waals surface area contributed by atoms with Crippen LogP contribution >= 0.6 is 0 Å². The first-order valence-electron chi connectivity index (χ1n) is 5.56. The van der Waals surface area contributed by atoms with Crippen LogP contribution in [0.4, 0.5) is 0 Å². The van der Waals surface area contributed by atoms with Crippen molar-refractivity contribution in [2.24, 2.45) is 16.7 Å². The van der Waals surface area contributed by atoms with E-state index in [0.717, 1.165) is 0 Å². The molecule has 0 spiro atoms. The van der Waals surface area contributed by atoms with Crippen molar-refractivity contribution >= 4 is 10.1 Å². The largest absolute Gasteiger partial charge is 0.396 e. The number of hydrogen-bond donors (Lipinski definition) is 2. The highest BCUT2D eigenvalue weighted by Gasteiger charge is 2.76. The van der Waals surface area contributed by atoms with E-state index in [1.54, 1.807) is 0 Å². The van der Waals surface area contributed by atoms with Gasteiger partial charge in [0.15, 0.2) is 0 Å². The van der Waals surface area contributed by atoms with Crippen LogP contribution in [-0.2, 0) is 14.3 Å². The maximum Gasteiger partial charge on any atom is 0.271 e. The Bertz CT molecular complexity index is 432. The van der Waals surface area contributed by atoms with Gasteiger partial charge in [-0.1, -0.05) is 6.92 Å². The second kappa shape index (κ2) is 2.80. The lowest BCUT2D eigenvalue weighted by atomic mass is 9.73. The molecular weight excluding hydrogens is 232 g/mol. The van der Waals surface area contributed by atoms with Crippen molar-refractivity contribution < 1.29 is 22.8 Å². The summed E-state index contributed by atoms with van der Waals surface area (Å²) in [6, 6.07) is 0. The quantitative estimate of drug-likeness (QED) is 0.643. The van der Waals surface area contributed by atoms with Gasteiger partial charge in [0.1, 0.15) is 0 Å². The maximum atomic E-state index is 11.8. The van der Waals surface area contributed by atoms with Crippen LogP contribution in [0.1, 0.15) is 19.8 Å². The fourth-order valence-electron chi connectivity index (χ4n) is 4.16. The molecule has 0 aromatic heterocycles. The minimum atomic E-state index is -3.55. The standard InChI is InChI=1S/C10H16O5S/c1-6-8-10(5-12)3-9(6,4-11)2-7(10)16(13,14)15-8/h6-8,11-12H,2-5H2,1H3. The molecule has 5 unspecified atom stereocenters. The molecule has 16 heavy (non-hydrogen) atoms. The van der Waals surface area contributed by atoms with Crippen LogP contribution in [0.25, 0.3) is 0 Å². The fraction of sp³-hybridized carbons (Fsp3) is 1.00. The summed E-state index contributed by atoms with van der Waals surface area (Å²) in [5, 5.41) is 18.5. The molecular formula is C10H16O5S. The molecule has 2 saturated carbocycles. The Balaban J connectivity index is 2.17. The van der Waals surface area contributed by atoms with Crippen LogP contribution in [0.5, 0.6) is 0 Å². The van der Waals surface area contributed by atoms with Gasteiger partial charge in [0, 0.05) is 17.4 Å². The SMILES string of the molecule is CC1C2OS(=O)(=O)C3CC1(CO)CC23CO. The average Bonchev–Trinajstić information content (AvgIpc) is 2.76. The first-order valence-corrected chi connectivity index (χ1v) is 7.03. The summed E-state index contributed by atoms with van der Waals surface area (Å²) in [7, 11) is -3.55. The Kier molecular flexibility index (Phi) is 1.92. The van der Waals surface area contributed by atoms with Crippen molar-refractivity contribution in [1.82, 2.24) is 0 Å². The Morgan fingerprint density at radius 3 is 2.56 bits per heavy atom. The van der Waals surface area contributed by atoms with Crippen LogP contribution in [-0.4, -0.2) is 43.2 Å². The van der Waals surface area contributed by atoms with Crippen molar-refractivity contribution in [3.8, 4) is 0 Å². The second-order valence-electron chi connectivity index (χ2n) is 5.58. The van der Waals surface area contributed by atoms with Crippen molar-refractivity contribution in [2.75, 3.05) is 13.2 Å². The summed E-state index contributed by atoms with van der Waals surface area (Å²) in [5.41, 5.74) is -1.04. The highest BCUT2D eigenvalue weighted by atomic mass is 32.2. The van der Waals surface area contributed by atoms with Gasteiger partial charge in [0.05, 0.1) is 18.0 Å². The van der Waals surface area contributed by atoms with Crippen LogP contribution < -0.4 is 0 Å². The molecule has 2 aliphatic carbocycles. The van der Waals surface area contributed by atoms with Gasteiger partial charge < -0.3 is 10.2 Å². The van der Waals surface area contributed by atoms with Crippen LogP contribution in [0.2, 0.25) is 0 Å². The summed E-state index contributed by atoms with van der Waals surface area (Å²) in [6.45, 7) is 1.71. The summed E-state index contributed by atoms with van der Waals surface area (Å²) in [4.78, 5) is 0. The Hall–Kier alpha value is -0.170. The minimum Gasteiger partial charge on any atom is -0.396 e. The van der Waals surface area contributed by atoms with E-state index in [0.29, 0.717) is 12.8 Å². The minimum absolute atomic E-state index is 0.0156. The van der Waals surface area contributed by atoms with E-state index in [-0.39, 0.29) is 24.5 Å². The lowest BCUT2D eigenvalue weighted by Crippen LogP contribution is -2.43. The van der Waals surface area contributed by atoms with Crippen molar-refractivity contribution in [3.05, 3.63) is 0 Å². The second-order valence-corrected chi connectivity index (χ2v) is 7.33. The zero-order valence-corrected chi connectivity index (χ0v) is 9.90. The maximum absolute atomic E-state index is 11.8. The van der Waals surface area contributed by atoms with Crippen LogP contribution in [0, 0.1) is 16.7 Å². The van der Waals surface area contributed by atoms with Crippen molar-refractivity contribution in [2.45, 2.75) is 31.1 Å². The van der Waals surface area contributed by atoms with Gasteiger partial charge in [-0.05, 0) is 18.8 Å². The molecule has 5 atom stereocenters. The van der Waals surface area contributed by atoms with Gasteiger partial charge in [-0.2, -0.15) is 8.42 Å². The molecule has 0 radical (unpaired) electrons. The zero-order valence-electron chi connectivity index (χ0n) is 9.09.